The van der Waals surface area contributed by atoms with Crippen molar-refractivity contribution >= 4 is 29.2 Å². The minimum Gasteiger partial charge on any atom is -0.474 e. The molecule has 0 spiro atoms. The standard InChI is InChI=1S/C9H8ClNO3/c1-5-2-3-7(6(10)4-5)11-8(12)9(13)14/h2-4H,1H3,(H,11,12)(H,13,14). The van der Waals surface area contributed by atoms with E-state index in [4.69, 9.17) is 16.7 Å². The fourth-order valence-corrected chi connectivity index (χ4v) is 1.18. The summed E-state index contributed by atoms with van der Waals surface area (Å²) in [5, 5.41) is 10.8. The molecule has 1 aromatic carbocycles. The van der Waals surface area contributed by atoms with Crippen molar-refractivity contribution < 1.29 is 14.7 Å². The van der Waals surface area contributed by atoms with Crippen molar-refractivity contribution in [2.45, 2.75) is 6.92 Å². The van der Waals surface area contributed by atoms with Gasteiger partial charge in [0.15, 0.2) is 0 Å². The highest BCUT2D eigenvalue weighted by Gasteiger charge is 2.12. The molecule has 0 aliphatic heterocycles. The van der Waals surface area contributed by atoms with Gasteiger partial charge in [0.05, 0.1) is 10.7 Å². The molecule has 0 fully saturated rings. The number of carboxylic acid groups (broad SMARTS) is 1. The predicted molar refractivity (Wildman–Crippen MR) is 52.5 cm³/mol. The predicted octanol–water partition coefficient (Wildman–Crippen LogP) is 1.67. The van der Waals surface area contributed by atoms with Crippen LogP contribution in [0.25, 0.3) is 0 Å². The number of aliphatic carboxylic acids is 1. The van der Waals surface area contributed by atoms with Crippen LogP contribution < -0.4 is 5.32 Å². The van der Waals surface area contributed by atoms with Crippen molar-refractivity contribution in [1.82, 2.24) is 0 Å². The molecule has 5 heteroatoms. The van der Waals surface area contributed by atoms with Gasteiger partial charge in [0.25, 0.3) is 0 Å². The number of hydrogen-bond donors (Lipinski definition) is 2. The number of carboxylic acids is 1. The Bertz CT molecular complexity index is 390. The molecule has 0 radical (unpaired) electrons. The summed E-state index contributed by atoms with van der Waals surface area (Å²) in [4.78, 5) is 21.0. The zero-order valence-electron chi connectivity index (χ0n) is 7.37. The second-order valence-corrected chi connectivity index (χ2v) is 3.15. The lowest BCUT2D eigenvalue weighted by molar-refractivity contribution is -0.147. The molecule has 0 saturated heterocycles. The number of hydrogen-bond acceptors (Lipinski definition) is 2. The van der Waals surface area contributed by atoms with Crippen molar-refractivity contribution in [3.8, 4) is 0 Å². The first-order valence-electron chi connectivity index (χ1n) is 3.81. The highest BCUT2D eigenvalue weighted by atomic mass is 35.5. The molecular formula is C9H8ClNO3. The Balaban J connectivity index is 2.87. The second kappa shape index (κ2) is 4.11. The first kappa shape index (κ1) is 10.5. The monoisotopic (exact) mass is 213 g/mol. The van der Waals surface area contributed by atoms with Crippen molar-refractivity contribution in [2.75, 3.05) is 5.32 Å². The summed E-state index contributed by atoms with van der Waals surface area (Å²) in [6.07, 6.45) is 0. The Morgan fingerprint density at radius 1 is 1.43 bits per heavy atom. The lowest BCUT2D eigenvalue weighted by Gasteiger charge is -2.04. The SMILES string of the molecule is Cc1ccc(NC(=O)C(=O)O)c(Cl)c1. The molecule has 14 heavy (non-hydrogen) atoms. The number of carbonyl (C=O) groups is 2. The normalized spacial score (nSPS) is 9.57. The number of benzene rings is 1. The Kier molecular flexibility index (Phi) is 3.09. The smallest absolute Gasteiger partial charge is 0.394 e. The molecule has 0 atom stereocenters. The van der Waals surface area contributed by atoms with Gasteiger partial charge in [-0.1, -0.05) is 17.7 Å². The van der Waals surface area contributed by atoms with Gasteiger partial charge >= 0.3 is 11.9 Å². The number of aryl methyl sites for hydroxylation is 1. The average Bonchev–Trinajstić information content (AvgIpc) is 2.09. The summed E-state index contributed by atoms with van der Waals surface area (Å²) in [5.74, 6) is -2.64. The third-order valence-electron chi connectivity index (χ3n) is 1.57. The van der Waals surface area contributed by atoms with Gasteiger partial charge in [-0.15, -0.1) is 0 Å². The summed E-state index contributed by atoms with van der Waals surface area (Å²) < 4.78 is 0. The van der Waals surface area contributed by atoms with E-state index < -0.39 is 11.9 Å². The fraction of sp³-hybridized carbons (Fsp3) is 0.111. The van der Waals surface area contributed by atoms with E-state index in [1.807, 2.05) is 6.92 Å². The van der Waals surface area contributed by atoms with Crippen molar-refractivity contribution in [2.24, 2.45) is 0 Å². The van der Waals surface area contributed by atoms with Crippen LogP contribution >= 0.6 is 11.6 Å². The minimum atomic E-state index is -1.54. The van der Waals surface area contributed by atoms with Crippen LogP contribution in [-0.4, -0.2) is 17.0 Å². The Hall–Kier alpha value is -1.55. The van der Waals surface area contributed by atoms with Gasteiger partial charge in [-0.2, -0.15) is 0 Å². The van der Waals surface area contributed by atoms with E-state index in [2.05, 4.69) is 5.32 Å². The van der Waals surface area contributed by atoms with Crippen LogP contribution in [0.1, 0.15) is 5.56 Å². The zero-order chi connectivity index (χ0) is 10.7. The maximum atomic E-state index is 10.8. The fourth-order valence-electron chi connectivity index (χ4n) is 0.897. The van der Waals surface area contributed by atoms with Crippen molar-refractivity contribution in [1.29, 1.82) is 0 Å². The van der Waals surface area contributed by atoms with E-state index in [-0.39, 0.29) is 0 Å². The lowest BCUT2D eigenvalue weighted by atomic mass is 10.2. The first-order valence-corrected chi connectivity index (χ1v) is 4.19. The Labute approximate surface area is 85.5 Å². The highest BCUT2D eigenvalue weighted by molar-refractivity contribution is 6.39. The maximum Gasteiger partial charge on any atom is 0.394 e. The van der Waals surface area contributed by atoms with Crippen LogP contribution in [0, 0.1) is 6.92 Å². The Morgan fingerprint density at radius 3 is 2.57 bits per heavy atom. The second-order valence-electron chi connectivity index (χ2n) is 2.74. The molecule has 4 nitrogen and oxygen atoms in total. The zero-order valence-corrected chi connectivity index (χ0v) is 8.13. The van der Waals surface area contributed by atoms with Gasteiger partial charge in [0, 0.05) is 0 Å². The molecule has 0 saturated carbocycles. The van der Waals surface area contributed by atoms with Crippen molar-refractivity contribution in [3.05, 3.63) is 28.8 Å². The summed E-state index contributed by atoms with van der Waals surface area (Å²) in [7, 11) is 0. The number of amides is 1. The van der Waals surface area contributed by atoms with E-state index in [1.54, 1.807) is 18.2 Å². The van der Waals surface area contributed by atoms with E-state index in [0.717, 1.165) is 5.56 Å². The van der Waals surface area contributed by atoms with Gasteiger partial charge in [-0.3, -0.25) is 4.79 Å². The van der Waals surface area contributed by atoms with Gasteiger partial charge in [0.2, 0.25) is 0 Å². The molecule has 0 unspecified atom stereocenters. The van der Waals surface area contributed by atoms with Crippen molar-refractivity contribution in [3.63, 3.8) is 0 Å². The van der Waals surface area contributed by atoms with E-state index in [0.29, 0.717) is 10.7 Å². The lowest BCUT2D eigenvalue weighted by Crippen LogP contribution is -2.21. The van der Waals surface area contributed by atoms with Crippen LogP contribution in [0.5, 0.6) is 0 Å². The van der Waals surface area contributed by atoms with E-state index in [9.17, 15) is 9.59 Å². The molecule has 1 aromatic rings. The largest absolute Gasteiger partial charge is 0.474 e. The van der Waals surface area contributed by atoms with Gasteiger partial charge in [-0.05, 0) is 24.6 Å². The van der Waals surface area contributed by atoms with E-state index >= 15 is 0 Å². The number of nitrogens with one attached hydrogen (secondary N) is 1. The molecule has 1 rings (SSSR count). The summed E-state index contributed by atoms with van der Waals surface area (Å²) in [6, 6.07) is 4.92. The average molecular weight is 214 g/mol. The molecule has 1 amide bonds. The molecule has 0 aromatic heterocycles. The van der Waals surface area contributed by atoms with Crippen LogP contribution in [0.3, 0.4) is 0 Å². The van der Waals surface area contributed by atoms with Crippen LogP contribution in [0.4, 0.5) is 5.69 Å². The molecule has 74 valence electrons. The number of carbonyl (C=O) groups excluding carboxylic acids is 1. The van der Waals surface area contributed by atoms with Crippen LogP contribution in [0.2, 0.25) is 5.02 Å². The third-order valence-corrected chi connectivity index (χ3v) is 1.88. The number of rotatable bonds is 1. The molecule has 0 heterocycles. The van der Waals surface area contributed by atoms with Crippen LogP contribution in [-0.2, 0) is 9.59 Å². The topological polar surface area (TPSA) is 66.4 Å². The minimum absolute atomic E-state index is 0.296. The molecule has 0 aliphatic rings. The van der Waals surface area contributed by atoms with Gasteiger partial charge in [0.1, 0.15) is 0 Å². The Morgan fingerprint density at radius 2 is 2.07 bits per heavy atom. The van der Waals surface area contributed by atoms with E-state index in [1.165, 1.54) is 0 Å². The maximum absolute atomic E-state index is 10.8. The molecule has 2 N–H and O–H groups in total. The molecule has 0 bridgehead atoms. The third kappa shape index (κ3) is 2.47. The number of anilines is 1. The molecular weight excluding hydrogens is 206 g/mol. The quantitative estimate of drug-likeness (QED) is 0.698. The van der Waals surface area contributed by atoms with Crippen LogP contribution in [0.15, 0.2) is 18.2 Å². The number of halogens is 1. The summed E-state index contributed by atoms with van der Waals surface area (Å²) in [6.45, 7) is 1.84. The highest BCUT2D eigenvalue weighted by Crippen LogP contribution is 2.22. The summed E-state index contributed by atoms with van der Waals surface area (Å²) in [5.41, 5.74) is 1.23. The first-order chi connectivity index (χ1) is 6.50. The van der Waals surface area contributed by atoms with Gasteiger partial charge in [-0.25, -0.2) is 4.79 Å². The molecule has 0 aliphatic carbocycles. The summed E-state index contributed by atoms with van der Waals surface area (Å²) >= 11 is 5.77. The van der Waals surface area contributed by atoms with Gasteiger partial charge < -0.3 is 10.4 Å².